The Hall–Kier alpha value is -1.44. The van der Waals surface area contributed by atoms with Crippen molar-refractivity contribution < 1.29 is 9.53 Å². The van der Waals surface area contributed by atoms with E-state index in [1.54, 1.807) is 25.1 Å². The summed E-state index contributed by atoms with van der Waals surface area (Å²) in [5.41, 5.74) is -0.759. The summed E-state index contributed by atoms with van der Waals surface area (Å²) in [7, 11) is 0. The van der Waals surface area contributed by atoms with Gasteiger partial charge in [-0.1, -0.05) is 42.5 Å². The van der Waals surface area contributed by atoms with E-state index in [0.717, 1.165) is 19.3 Å². The number of ether oxygens (including phenoxy) is 1. The number of halogens is 2. The SMILES string of the molecule is CC(Oc1ccc(Cl)c(Cl)c1)C(=O)NC1(C#N)CCCCC1. The van der Waals surface area contributed by atoms with Crippen molar-refractivity contribution in [3.8, 4) is 11.8 Å². The molecule has 0 spiro atoms. The van der Waals surface area contributed by atoms with Crippen molar-refractivity contribution in [2.24, 2.45) is 0 Å². The molecule has 0 saturated heterocycles. The van der Waals surface area contributed by atoms with Gasteiger partial charge in [-0.05, 0) is 31.9 Å². The van der Waals surface area contributed by atoms with Crippen molar-refractivity contribution >= 4 is 29.1 Å². The molecule has 118 valence electrons. The van der Waals surface area contributed by atoms with Gasteiger partial charge in [0, 0.05) is 6.07 Å². The van der Waals surface area contributed by atoms with Crippen LogP contribution in [-0.2, 0) is 4.79 Å². The molecule has 1 N–H and O–H groups in total. The summed E-state index contributed by atoms with van der Waals surface area (Å²) in [6, 6.07) is 7.09. The average Bonchev–Trinajstić information content (AvgIpc) is 2.51. The first kappa shape index (κ1) is 16.9. The number of carbonyl (C=O) groups excluding carboxylic acids is 1. The molecule has 22 heavy (non-hydrogen) atoms. The van der Waals surface area contributed by atoms with E-state index in [1.165, 1.54) is 0 Å². The highest BCUT2D eigenvalue weighted by molar-refractivity contribution is 6.42. The molecule has 0 radical (unpaired) electrons. The molecule has 0 aliphatic heterocycles. The summed E-state index contributed by atoms with van der Waals surface area (Å²) < 4.78 is 5.58. The Bertz CT molecular complexity index is 592. The van der Waals surface area contributed by atoms with Crippen LogP contribution in [0.25, 0.3) is 0 Å². The highest BCUT2D eigenvalue weighted by atomic mass is 35.5. The Labute approximate surface area is 140 Å². The molecule has 1 atom stereocenters. The minimum atomic E-state index is -0.759. The summed E-state index contributed by atoms with van der Waals surface area (Å²) in [5, 5.41) is 13.0. The van der Waals surface area contributed by atoms with E-state index in [-0.39, 0.29) is 5.91 Å². The largest absolute Gasteiger partial charge is 0.481 e. The van der Waals surface area contributed by atoms with Crippen LogP contribution in [0, 0.1) is 11.3 Å². The van der Waals surface area contributed by atoms with Crippen LogP contribution in [-0.4, -0.2) is 17.6 Å². The Morgan fingerprint density at radius 3 is 2.59 bits per heavy atom. The second-order valence-corrected chi connectivity index (χ2v) is 6.39. The van der Waals surface area contributed by atoms with Crippen LogP contribution >= 0.6 is 23.2 Å². The standard InChI is InChI=1S/C16H18Cl2N2O2/c1-11(22-12-5-6-13(17)14(18)9-12)15(21)20-16(10-19)7-3-2-4-8-16/h5-6,9,11H,2-4,7-8H2,1H3,(H,20,21). The third-order valence-electron chi connectivity index (χ3n) is 3.86. The van der Waals surface area contributed by atoms with Crippen molar-refractivity contribution in [1.29, 1.82) is 5.26 Å². The van der Waals surface area contributed by atoms with Gasteiger partial charge in [-0.25, -0.2) is 0 Å². The second kappa shape index (κ2) is 7.21. The number of hydrogen-bond acceptors (Lipinski definition) is 3. The summed E-state index contributed by atoms with van der Waals surface area (Å²) >= 11 is 11.8. The number of amides is 1. The van der Waals surface area contributed by atoms with Gasteiger partial charge in [0.15, 0.2) is 6.10 Å². The normalized spacial score (nSPS) is 18.1. The van der Waals surface area contributed by atoms with Crippen LogP contribution in [0.2, 0.25) is 10.0 Å². The van der Waals surface area contributed by atoms with Crippen molar-refractivity contribution in [2.75, 3.05) is 0 Å². The van der Waals surface area contributed by atoms with Crippen LogP contribution in [0.5, 0.6) is 5.75 Å². The van der Waals surface area contributed by atoms with Crippen LogP contribution < -0.4 is 10.1 Å². The van der Waals surface area contributed by atoms with Gasteiger partial charge in [-0.2, -0.15) is 5.26 Å². The third kappa shape index (κ3) is 4.06. The summed E-state index contributed by atoms with van der Waals surface area (Å²) in [6.07, 6.45) is 3.67. The lowest BCUT2D eigenvalue weighted by molar-refractivity contribution is -0.129. The first-order chi connectivity index (χ1) is 10.5. The zero-order valence-electron chi connectivity index (χ0n) is 12.4. The minimum absolute atomic E-state index is 0.297. The van der Waals surface area contributed by atoms with Crippen LogP contribution in [0.4, 0.5) is 0 Å². The Morgan fingerprint density at radius 1 is 1.32 bits per heavy atom. The number of carbonyl (C=O) groups is 1. The quantitative estimate of drug-likeness (QED) is 0.897. The van der Waals surface area contributed by atoms with Crippen molar-refractivity contribution in [3.05, 3.63) is 28.2 Å². The molecule has 0 bridgehead atoms. The van der Waals surface area contributed by atoms with Crippen molar-refractivity contribution in [3.63, 3.8) is 0 Å². The lowest BCUT2D eigenvalue weighted by Crippen LogP contribution is -2.52. The molecular formula is C16H18Cl2N2O2. The van der Waals surface area contributed by atoms with E-state index in [9.17, 15) is 10.1 Å². The van der Waals surface area contributed by atoms with Gasteiger partial charge in [-0.15, -0.1) is 0 Å². The van der Waals surface area contributed by atoms with Crippen LogP contribution in [0.15, 0.2) is 18.2 Å². The van der Waals surface area contributed by atoms with E-state index >= 15 is 0 Å². The van der Waals surface area contributed by atoms with Crippen molar-refractivity contribution in [2.45, 2.75) is 50.7 Å². The van der Waals surface area contributed by atoms with Gasteiger partial charge in [0.2, 0.25) is 0 Å². The maximum atomic E-state index is 12.3. The predicted molar refractivity (Wildman–Crippen MR) is 86.1 cm³/mol. The first-order valence-corrected chi connectivity index (χ1v) is 8.06. The molecule has 1 aliphatic rings. The molecule has 1 aromatic carbocycles. The van der Waals surface area contributed by atoms with Gasteiger partial charge in [0.1, 0.15) is 11.3 Å². The molecule has 2 rings (SSSR count). The molecule has 1 fully saturated rings. The van der Waals surface area contributed by atoms with Crippen molar-refractivity contribution in [1.82, 2.24) is 5.32 Å². The maximum Gasteiger partial charge on any atom is 0.262 e. The Morgan fingerprint density at radius 2 is 2.00 bits per heavy atom. The van der Waals surface area contributed by atoms with Gasteiger partial charge in [-0.3, -0.25) is 4.79 Å². The monoisotopic (exact) mass is 340 g/mol. The van der Waals surface area contributed by atoms with E-state index < -0.39 is 11.6 Å². The summed E-state index contributed by atoms with van der Waals surface area (Å²) in [5.74, 6) is 0.168. The molecule has 0 aromatic heterocycles. The van der Waals surface area contributed by atoms with Gasteiger partial charge >= 0.3 is 0 Å². The molecule has 6 heteroatoms. The van der Waals surface area contributed by atoms with E-state index in [0.29, 0.717) is 28.6 Å². The molecule has 1 saturated carbocycles. The molecule has 4 nitrogen and oxygen atoms in total. The fourth-order valence-corrected chi connectivity index (χ4v) is 2.85. The Kier molecular flexibility index (Phi) is 5.55. The molecule has 0 heterocycles. The second-order valence-electron chi connectivity index (χ2n) is 5.58. The van der Waals surface area contributed by atoms with E-state index in [4.69, 9.17) is 27.9 Å². The first-order valence-electron chi connectivity index (χ1n) is 7.31. The fourth-order valence-electron chi connectivity index (χ4n) is 2.57. The zero-order valence-corrected chi connectivity index (χ0v) is 13.9. The molecule has 1 amide bonds. The molecule has 1 unspecified atom stereocenters. The number of nitriles is 1. The third-order valence-corrected chi connectivity index (χ3v) is 4.60. The smallest absolute Gasteiger partial charge is 0.262 e. The molecule has 1 aliphatic carbocycles. The van der Waals surface area contributed by atoms with Gasteiger partial charge in [0.25, 0.3) is 5.91 Å². The van der Waals surface area contributed by atoms with Gasteiger partial charge in [0.05, 0.1) is 16.1 Å². The highest BCUT2D eigenvalue weighted by Gasteiger charge is 2.35. The summed E-state index contributed by atoms with van der Waals surface area (Å²) in [4.78, 5) is 12.3. The highest BCUT2D eigenvalue weighted by Crippen LogP contribution is 2.29. The van der Waals surface area contributed by atoms with Crippen LogP contribution in [0.1, 0.15) is 39.0 Å². The fraction of sp³-hybridized carbons (Fsp3) is 0.500. The number of nitrogens with one attached hydrogen (secondary N) is 1. The lowest BCUT2D eigenvalue weighted by atomic mass is 9.83. The lowest BCUT2D eigenvalue weighted by Gasteiger charge is -2.32. The average molecular weight is 341 g/mol. The summed E-state index contributed by atoms with van der Waals surface area (Å²) in [6.45, 7) is 1.64. The van der Waals surface area contributed by atoms with Gasteiger partial charge < -0.3 is 10.1 Å². The number of hydrogen-bond donors (Lipinski definition) is 1. The predicted octanol–water partition coefficient (Wildman–Crippen LogP) is 4.10. The van der Waals surface area contributed by atoms with E-state index in [1.807, 2.05) is 0 Å². The molecule has 1 aromatic rings. The molecular weight excluding hydrogens is 323 g/mol. The van der Waals surface area contributed by atoms with Crippen LogP contribution in [0.3, 0.4) is 0 Å². The zero-order chi connectivity index (χ0) is 16.2. The number of benzene rings is 1. The topological polar surface area (TPSA) is 62.1 Å². The maximum absolute atomic E-state index is 12.3. The van der Waals surface area contributed by atoms with E-state index in [2.05, 4.69) is 11.4 Å². The number of rotatable bonds is 4. The number of nitrogens with zero attached hydrogens (tertiary/aromatic N) is 1. The Balaban J connectivity index is 1.99. The minimum Gasteiger partial charge on any atom is -0.481 e.